The number of carbonyl (C=O) groups excluding carboxylic acids is 1. The molecule has 1 saturated heterocycles. The molecule has 38 heavy (non-hydrogen) atoms. The van der Waals surface area contributed by atoms with E-state index in [4.69, 9.17) is 0 Å². The van der Waals surface area contributed by atoms with Crippen LogP contribution in [0.1, 0.15) is 34.3 Å². The van der Waals surface area contributed by atoms with Crippen LogP contribution in [0, 0.1) is 6.92 Å². The summed E-state index contributed by atoms with van der Waals surface area (Å²) in [5.41, 5.74) is 3.43. The molecule has 1 aliphatic heterocycles. The maximum atomic E-state index is 13.2. The molecule has 0 radical (unpaired) electrons. The quantitative estimate of drug-likeness (QED) is 0.369. The highest BCUT2D eigenvalue weighted by molar-refractivity contribution is 7.93. The summed E-state index contributed by atoms with van der Waals surface area (Å²) in [4.78, 5) is 21.9. The molecule has 8 heteroatoms. The molecule has 7 nitrogen and oxygen atoms in total. The molecule has 5 rings (SSSR count). The Labute approximate surface area is 224 Å². The third kappa shape index (κ3) is 5.56. The molecule has 0 spiro atoms. The highest BCUT2D eigenvalue weighted by atomic mass is 32.2. The topological polar surface area (TPSA) is 82.6 Å². The number of fused-ring (bicyclic) bond motifs is 1. The number of hydrogen-bond donors (Lipinski definition) is 1. The minimum absolute atomic E-state index is 0.0310. The number of aryl methyl sites for hydroxylation is 1. The van der Waals surface area contributed by atoms with Gasteiger partial charge in [0.2, 0.25) is 0 Å². The van der Waals surface area contributed by atoms with E-state index in [1.54, 1.807) is 49.5 Å². The lowest BCUT2D eigenvalue weighted by atomic mass is 10.0. The summed E-state index contributed by atoms with van der Waals surface area (Å²) in [5, 5.41) is 0.752. The number of sulfonamides is 1. The van der Waals surface area contributed by atoms with Gasteiger partial charge in [0.05, 0.1) is 11.2 Å². The highest BCUT2D eigenvalue weighted by Gasteiger charge is 2.24. The molecular weight excluding hydrogens is 496 g/mol. The van der Waals surface area contributed by atoms with Crippen molar-refractivity contribution in [1.82, 2.24) is 14.8 Å². The third-order valence-electron chi connectivity index (χ3n) is 7.16. The molecule has 3 aromatic carbocycles. The van der Waals surface area contributed by atoms with Gasteiger partial charge in [-0.1, -0.05) is 55.5 Å². The summed E-state index contributed by atoms with van der Waals surface area (Å²) in [6.07, 6.45) is 1.58. The maximum Gasteiger partial charge on any atom is 0.264 e. The number of aromatic nitrogens is 1. The summed E-state index contributed by atoms with van der Waals surface area (Å²) in [7, 11) is -3.87. The fourth-order valence-corrected chi connectivity index (χ4v) is 6.31. The van der Waals surface area contributed by atoms with Crippen molar-refractivity contribution in [2.24, 2.45) is 0 Å². The lowest BCUT2D eigenvalue weighted by molar-refractivity contribution is 0.0631. The average molecular weight is 529 g/mol. The van der Waals surface area contributed by atoms with Crippen molar-refractivity contribution in [1.29, 1.82) is 0 Å². The number of nitrogens with zero attached hydrogens (tertiary/aromatic N) is 3. The van der Waals surface area contributed by atoms with Crippen molar-refractivity contribution in [2.45, 2.75) is 24.7 Å². The normalized spacial score (nSPS) is 15.4. The number of pyridine rings is 1. The van der Waals surface area contributed by atoms with Crippen molar-refractivity contribution in [3.63, 3.8) is 0 Å². The van der Waals surface area contributed by atoms with Gasteiger partial charge in [0.15, 0.2) is 0 Å². The highest BCUT2D eigenvalue weighted by Crippen LogP contribution is 2.26. The van der Waals surface area contributed by atoms with Crippen LogP contribution in [0.15, 0.2) is 90.0 Å². The Morgan fingerprint density at radius 3 is 2.42 bits per heavy atom. The summed E-state index contributed by atoms with van der Waals surface area (Å²) >= 11 is 0. The zero-order chi connectivity index (χ0) is 26.7. The van der Waals surface area contributed by atoms with Gasteiger partial charge in [-0.3, -0.25) is 19.4 Å². The number of hydrogen-bond acceptors (Lipinski definition) is 5. The molecule has 1 atom stereocenters. The first-order valence-corrected chi connectivity index (χ1v) is 14.3. The van der Waals surface area contributed by atoms with E-state index >= 15 is 0 Å². The number of piperazine rings is 1. The predicted octanol–water partition coefficient (Wildman–Crippen LogP) is 4.91. The number of amides is 1. The number of para-hydroxylation sites is 1. The zero-order valence-corrected chi connectivity index (χ0v) is 22.5. The van der Waals surface area contributed by atoms with Crippen molar-refractivity contribution >= 4 is 32.5 Å². The Balaban J connectivity index is 1.23. The third-order valence-corrected chi connectivity index (χ3v) is 8.56. The van der Waals surface area contributed by atoms with E-state index in [1.165, 1.54) is 5.56 Å². The van der Waals surface area contributed by atoms with Gasteiger partial charge in [0, 0.05) is 49.9 Å². The molecule has 4 aromatic rings. The monoisotopic (exact) mass is 528 g/mol. The second kappa shape index (κ2) is 10.9. The van der Waals surface area contributed by atoms with Gasteiger partial charge in [0.25, 0.3) is 15.9 Å². The first-order valence-electron chi connectivity index (χ1n) is 12.9. The maximum absolute atomic E-state index is 13.2. The number of rotatable bonds is 7. The van der Waals surface area contributed by atoms with E-state index in [9.17, 15) is 13.2 Å². The first kappa shape index (κ1) is 25.9. The Hall–Kier alpha value is -3.75. The molecule has 1 fully saturated rings. The van der Waals surface area contributed by atoms with Crippen molar-refractivity contribution in [2.75, 3.05) is 37.4 Å². The van der Waals surface area contributed by atoms with Crippen LogP contribution in [0.2, 0.25) is 0 Å². The van der Waals surface area contributed by atoms with Crippen LogP contribution >= 0.6 is 0 Å². The van der Waals surface area contributed by atoms with Crippen LogP contribution in [-0.2, 0) is 10.0 Å². The molecule has 0 bridgehead atoms. The van der Waals surface area contributed by atoms with Crippen LogP contribution < -0.4 is 4.72 Å². The van der Waals surface area contributed by atoms with Gasteiger partial charge >= 0.3 is 0 Å². The average Bonchev–Trinajstić information content (AvgIpc) is 2.94. The van der Waals surface area contributed by atoms with Crippen LogP contribution in [0.3, 0.4) is 0 Å². The van der Waals surface area contributed by atoms with Crippen LogP contribution in [0.25, 0.3) is 10.9 Å². The van der Waals surface area contributed by atoms with Crippen LogP contribution in [0.5, 0.6) is 0 Å². The van der Waals surface area contributed by atoms with Crippen molar-refractivity contribution in [3.8, 4) is 0 Å². The van der Waals surface area contributed by atoms with Gasteiger partial charge in [-0.05, 0) is 54.3 Å². The number of benzene rings is 3. The van der Waals surface area contributed by atoms with E-state index in [-0.39, 0.29) is 10.8 Å². The van der Waals surface area contributed by atoms with E-state index in [1.807, 2.05) is 23.1 Å². The lowest BCUT2D eigenvalue weighted by Crippen LogP contribution is -2.49. The Morgan fingerprint density at radius 1 is 0.947 bits per heavy atom. The molecular formula is C30H32N4O3S. The Morgan fingerprint density at radius 2 is 1.68 bits per heavy atom. The summed E-state index contributed by atoms with van der Waals surface area (Å²) in [6.45, 7) is 8.01. The van der Waals surface area contributed by atoms with Gasteiger partial charge in [-0.2, -0.15) is 0 Å². The fraction of sp³-hybridized carbons (Fsp3) is 0.267. The van der Waals surface area contributed by atoms with Gasteiger partial charge in [0.1, 0.15) is 4.90 Å². The molecule has 196 valence electrons. The molecule has 0 saturated carbocycles. The van der Waals surface area contributed by atoms with Gasteiger partial charge < -0.3 is 4.90 Å². The smallest absolute Gasteiger partial charge is 0.264 e. The van der Waals surface area contributed by atoms with E-state index in [0.29, 0.717) is 41.3 Å². The lowest BCUT2D eigenvalue weighted by Gasteiger charge is -2.36. The van der Waals surface area contributed by atoms with Gasteiger partial charge in [-0.25, -0.2) is 8.42 Å². The molecule has 1 aliphatic rings. The summed E-state index contributed by atoms with van der Waals surface area (Å²) in [5.74, 6) is 0.401. The molecule has 1 unspecified atom stereocenters. The molecule has 1 amide bonds. The minimum atomic E-state index is -3.87. The predicted molar refractivity (Wildman–Crippen MR) is 151 cm³/mol. The zero-order valence-electron chi connectivity index (χ0n) is 21.7. The minimum Gasteiger partial charge on any atom is -0.336 e. The summed E-state index contributed by atoms with van der Waals surface area (Å²) in [6, 6.07) is 24.3. The Kier molecular flexibility index (Phi) is 7.44. The number of anilines is 1. The Bertz CT molecular complexity index is 1540. The molecule has 1 aromatic heterocycles. The fourth-order valence-electron chi connectivity index (χ4n) is 4.99. The second-order valence-electron chi connectivity index (χ2n) is 9.87. The van der Waals surface area contributed by atoms with E-state index < -0.39 is 10.0 Å². The van der Waals surface area contributed by atoms with Gasteiger partial charge in [-0.15, -0.1) is 0 Å². The largest absolute Gasteiger partial charge is 0.336 e. The van der Waals surface area contributed by atoms with Crippen molar-refractivity contribution in [3.05, 3.63) is 102 Å². The first-order chi connectivity index (χ1) is 18.3. The van der Waals surface area contributed by atoms with Crippen LogP contribution in [-0.4, -0.2) is 61.8 Å². The molecule has 0 aliphatic carbocycles. The standard InChI is InChI=1S/C30H32N4O3S/c1-22-20-26(30(35)34-18-16-33(17-19-34)21-23(2)24-8-4-3-5-9-24)13-14-27(22)32-38(36,37)28-12-6-10-25-11-7-15-31-29(25)28/h3-15,20,23,32H,16-19,21H2,1-2H3. The number of nitrogens with one attached hydrogen (secondary N) is 1. The SMILES string of the molecule is Cc1cc(C(=O)N2CCN(CC(C)c3ccccc3)CC2)ccc1NS(=O)(=O)c1cccc2cccnc12. The van der Waals surface area contributed by atoms with E-state index in [2.05, 4.69) is 45.8 Å². The van der Waals surface area contributed by atoms with Crippen molar-refractivity contribution < 1.29 is 13.2 Å². The molecule has 1 N–H and O–H groups in total. The molecule has 2 heterocycles. The summed E-state index contributed by atoms with van der Waals surface area (Å²) < 4.78 is 29.1. The van der Waals surface area contributed by atoms with Crippen LogP contribution in [0.4, 0.5) is 5.69 Å². The van der Waals surface area contributed by atoms with E-state index in [0.717, 1.165) is 25.0 Å². The number of carbonyl (C=O) groups is 1. The second-order valence-corrected chi connectivity index (χ2v) is 11.5.